The molecule has 3 nitrogen and oxygen atoms in total. The topological polar surface area (TPSA) is 50.2 Å². The number of Topliss-reactive ketones (excluding diaryl/α,β-unsaturated/α-hetero) is 1. The van der Waals surface area contributed by atoms with Crippen molar-refractivity contribution in [2.24, 2.45) is 0 Å². The Labute approximate surface area is 145 Å². The molecule has 0 fully saturated rings. The second-order valence-electron chi connectivity index (χ2n) is 5.81. The van der Waals surface area contributed by atoms with Crippen LogP contribution in [0.2, 0.25) is 0 Å². The maximum Gasteiger partial charge on any atom is 0.424 e. The van der Waals surface area contributed by atoms with Crippen LogP contribution in [0.4, 0.5) is 13.2 Å². The lowest BCUT2D eigenvalue weighted by Gasteiger charge is -2.27. The zero-order chi connectivity index (χ0) is 18.2. The van der Waals surface area contributed by atoms with E-state index >= 15 is 0 Å². The SMILES string of the molecule is Cc1ccc(C(=O)C[C@](O)(c2nc3ccccc3s2)C(F)(F)F)cc1. The molecule has 3 rings (SSSR count). The van der Waals surface area contributed by atoms with Gasteiger partial charge in [-0.3, -0.25) is 4.79 Å². The Morgan fingerprint density at radius 1 is 1.12 bits per heavy atom. The van der Waals surface area contributed by atoms with Gasteiger partial charge in [-0.15, -0.1) is 11.3 Å². The van der Waals surface area contributed by atoms with E-state index in [1.165, 1.54) is 12.1 Å². The lowest BCUT2D eigenvalue weighted by molar-refractivity contribution is -0.264. The van der Waals surface area contributed by atoms with Crippen LogP contribution in [0.25, 0.3) is 10.2 Å². The molecule has 0 spiro atoms. The van der Waals surface area contributed by atoms with E-state index in [2.05, 4.69) is 4.98 Å². The van der Waals surface area contributed by atoms with E-state index in [9.17, 15) is 23.1 Å². The molecule has 1 atom stereocenters. The molecule has 130 valence electrons. The number of carbonyl (C=O) groups is 1. The summed E-state index contributed by atoms with van der Waals surface area (Å²) in [4.78, 5) is 16.2. The van der Waals surface area contributed by atoms with Gasteiger partial charge in [0.25, 0.3) is 0 Å². The van der Waals surface area contributed by atoms with Gasteiger partial charge < -0.3 is 5.11 Å². The second-order valence-corrected chi connectivity index (χ2v) is 6.84. The Kier molecular flexibility index (Phi) is 4.38. The minimum absolute atomic E-state index is 0.120. The van der Waals surface area contributed by atoms with Crippen LogP contribution in [0.15, 0.2) is 48.5 Å². The molecular formula is C18H14F3NO2S. The first-order valence-corrected chi connectivity index (χ1v) is 8.27. The van der Waals surface area contributed by atoms with Gasteiger partial charge in [0.05, 0.1) is 16.6 Å². The molecular weight excluding hydrogens is 351 g/mol. The molecule has 2 aromatic carbocycles. The average Bonchev–Trinajstić information content (AvgIpc) is 2.98. The number of benzene rings is 2. The van der Waals surface area contributed by atoms with Crippen LogP contribution in [0.3, 0.4) is 0 Å². The third kappa shape index (κ3) is 3.29. The lowest BCUT2D eigenvalue weighted by atomic mass is 9.93. The van der Waals surface area contributed by atoms with Gasteiger partial charge in [-0.05, 0) is 19.1 Å². The van der Waals surface area contributed by atoms with E-state index < -0.39 is 29.0 Å². The molecule has 0 aliphatic heterocycles. The highest BCUT2D eigenvalue weighted by molar-refractivity contribution is 7.18. The summed E-state index contributed by atoms with van der Waals surface area (Å²) >= 11 is 0.737. The van der Waals surface area contributed by atoms with E-state index in [4.69, 9.17) is 0 Å². The van der Waals surface area contributed by atoms with Crippen molar-refractivity contribution in [1.82, 2.24) is 4.98 Å². The minimum atomic E-state index is -5.03. The summed E-state index contributed by atoms with van der Waals surface area (Å²) in [7, 11) is 0. The predicted molar refractivity (Wildman–Crippen MR) is 89.7 cm³/mol. The molecule has 1 aromatic heterocycles. The third-order valence-electron chi connectivity index (χ3n) is 3.91. The standard InChI is InChI=1S/C18H14F3NO2S/c1-11-6-8-12(9-7-11)14(23)10-17(24,18(19,20)21)16-22-13-4-2-3-5-15(13)25-16/h2-9,24H,10H2,1H3/t17-/m0/s1. The summed E-state index contributed by atoms with van der Waals surface area (Å²) in [6.45, 7) is 1.81. The highest BCUT2D eigenvalue weighted by Crippen LogP contribution is 2.44. The molecule has 0 aliphatic carbocycles. The molecule has 0 aliphatic rings. The first kappa shape index (κ1) is 17.6. The van der Waals surface area contributed by atoms with Crippen LogP contribution >= 0.6 is 11.3 Å². The second kappa shape index (κ2) is 6.24. The van der Waals surface area contributed by atoms with Crippen LogP contribution in [-0.2, 0) is 5.60 Å². The molecule has 0 saturated heterocycles. The summed E-state index contributed by atoms with van der Waals surface area (Å²) in [5.74, 6) is -0.793. The summed E-state index contributed by atoms with van der Waals surface area (Å²) in [5, 5.41) is 9.88. The molecule has 0 radical (unpaired) electrons. The molecule has 7 heteroatoms. The van der Waals surface area contributed by atoms with Gasteiger partial charge in [0.2, 0.25) is 5.60 Å². The van der Waals surface area contributed by atoms with Crippen LogP contribution in [-0.4, -0.2) is 22.1 Å². The van der Waals surface area contributed by atoms with Gasteiger partial charge in [-0.1, -0.05) is 42.0 Å². The molecule has 0 amide bonds. The number of ketones is 1. The van der Waals surface area contributed by atoms with Gasteiger partial charge >= 0.3 is 6.18 Å². The van der Waals surface area contributed by atoms with E-state index in [-0.39, 0.29) is 5.56 Å². The first-order valence-electron chi connectivity index (χ1n) is 7.46. The van der Waals surface area contributed by atoms with E-state index in [0.29, 0.717) is 10.2 Å². The Bertz CT molecular complexity index is 885. The number of aromatic nitrogens is 1. The summed E-state index contributed by atoms with van der Waals surface area (Å²) in [6, 6.07) is 12.7. The average molecular weight is 365 g/mol. The number of alkyl halides is 3. The monoisotopic (exact) mass is 365 g/mol. The largest absolute Gasteiger partial charge is 0.424 e. The van der Waals surface area contributed by atoms with Gasteiger partial charge in [0.15, 0.2) is 5.78 Å². The number of hydrogen-bond donors (Lipinski definition) is 1. The highest BCUT2D eigenvalue weighted by Gasteiger charge is 2.58. The zero-order valence-corrected chi connectivity index (χ0v) is 14.0. The number of aliphatic hydroxyl groups is 1. The van der Waals surface area contributed by atoms with E-state index in [1.807, 2.05) is 0 Å². The maximum absolute atomic E-state index is 13.6. The normalized spacial score (nSPS) is 14.4. The van der Waals surface area contributed by atoms with Crippen molar-refractivity contribution < 1.29 is 23.1 Å². The Morgan fingerprint density at radius 3 is 2.36 bits per heavy atom. The van der Waals surface area contributed by atoms with E-state index in [1.54, 1.807) is 43.3 Å². The van der Waals surface area contributed by atoms with Gasteiger partial charge in [0, 0.05) is 5.56 Å². The van der Waals surface area contributed by atoms with E-state index in [0.717, 1.165) is 16.9 Å². The predicted octanol–water partition coefficient (Wildman–Crippen LogP) is 4.63. The molecule has 25 heavy (non-hydrogen) atoms. The number of halogens is 3. The molecule has 0 saturated carbocycles. The number of hydrogen-bond acceptors (Lipinski definition) is 4. The zero-order valence-electron chi connectivity index (χ0n) is 13.2. The van der Waals surface area contributed by atoms with Crippen LogP contribution in [0.5, 0.6) is 0 Å². The van der Waals surface area contributed by atoms with Crippen molar-refractivity contribution in [2.75, 3.05) is 0 Å². The number of nitrogens with zero attached hydrogens (tertiary/aromatic N) is 1. The Morgan fingerprint density at radius 2 is 1.76 bits per heavy atom. The molecule has 3 aromatic rings. The smallest absolute Gasteiger partial charge is 0.374 e. The molecule has 0 unspecified atom stereocenters. The summed E-state index contributed by atoms with van der Waals surface area (Å²) in [5.41, 5.74) is -1.96. The number of fused-ring (bicyclic) bond motifs is 1. The Hall–Kier alpha value is -2.25. The Balaban J connectivity index is 2.01. The van der Waals surface area contributed by atoms with Crippen molar-refractivity contribution >= 4 is 27.3 Å². The number of rotatable bonds is 4. The first-order chi connectivity index (χ1) is 11.7. The van der Waals surface area contributed by atoms with Gasteiger partial charge in [-0.25, -0.2) is 4.98 Å². The van der Waals surface area contributed by atoms with Crippen molar-refractivity contribution in [3.05, 3.63) is 64.7 Å². The molecule has 1 heterocycles. The molecule has 0 bridgehead atoms. The highest BCUT2D eigenvalue weighted by atomic mass is 32.1. The number of aryl methyl sites for hydroxylation is 1. The fraction of sp³-hybridized carbons (Fsp3) is 0.222. The summed E-state index contributed by atoms with van der Waals surface area (Å²) in [6.07, 6.45) is -6.14. The van der Waals surface area contributed by atoms with Crippen molar-refractivity contribution in [1.29, 1.82) is 0 Å². The maximum atomic E-state index is 13.6. The quantitative estimate of drug-likeness (QED) is 0.686. The summed E-state index contributed by atoms with van der Waals surface area (Å²) < 4.78 is 41.4. The van der Waals surface area contributed by atoms with Crippen molar-refractivity contribution in [2.45, 2.75) is 25.1 Å². The van der Waals surface area contributed by atoms with Crippen molar-refractivity contribution in [3.63, 3.8) is 0 Å². The van der Waals surface area contributed by atoms with Crippen molar-refractivity contribution in [3.8, 4) is 0 Å². The molecule has 1 N–H and O–H groups in total. The number of thiazole rings is 1. The third-order valence-corrected chi connectivity index (χ3v) is 5.09. The number of carbonyl (C=O) groups excluding carboxylic acids is 1. The fourth-order valence-electron chi connectivity index (χ4n) is 2.42. The fourth-order valence-corrected chi connectivity index (χ4v) is 3.49. The van der Waals surface area contributed by atoms with Gasteiger partial charge in [-0.2, -0.15) is 13.2 Å². The van der Waals surface area contributed by atoms with Gasteiger partial charge in [0.1, 0.15) is 5.01 Å². The van der Waals surface area contributed by atoms with Crippen LogP contribution < -0.4 is 0 Å². The lowest BCUT2D eigenvalue weighted by Crippen LogP contribution is -2.44. The van der Waals surface area contributed by atoms with Crippen LogP contribution in [0, 0.1) is 6.92 Å². The van der Waals surface area contributed by atoms with Crippen LogP contribution in [0.1, 0.15) is 27.3 Å². The minimum Gasteiger partial charge on any atom is -0.374 e. The number of para-hydroxylation sites is 1.